The standard InChI is InChI=1S/C29H50NO4P/c1-19(2)25-15-9-21(5)17-27(25)33-35(32,29(31)23-11-13-24(14-12-23)30(7)8)34-28-18-22(6)10-16-26(28)20(3)4/h11-14,19-22,25-29,31H,9-10,15-18H2,1-8H3/t21-,22+,25+,26-,27-,28-,29+,35?/m1/s1. The van der Waals surface area contributed by atoms with Gasteiger partial charge >= 0.3 is 7.60 Å². The molecule has 2 fully saturated rings. The van der Waals surface area contributed by atoms with Crippen LogP contribution in [0.5, 0.6) is 0 Å². The zero-order valence-corrected chi connectivity index (χ0v) is 24.2. The molecule has 35 heavy (non-hydrogen) atoms. The van der Waals surface area contributed by atoms with Crippen LogP contribution in [0.15, 0.2) is 24.3 Å². The van der Waals surface area contributed by atoms with Gasteiger partial charge in [-0.25, -0.2) is 0 Å². The van der Waals surface area contributed by atoms with E-state index < -0.39 is 13.4 Å². The van der Waals surface area contributed by atoms with Crippen LogP contribution in [-0.2, 0) is 13.6 Å². The van der Waals surface area contributed by atoms with E-state index in [0.717, 1.165) is 44.2 Å². The van der Waals surface area contributed by atoms with Crippen molar-refractivity contribution in [2.45, 2.75) is 98.1 Å². The third kappa shape index (κ3) is 7.12. The van der Waals surface area contributed by atoms with Crippen LogP contribution in [0.4, 0.5) is 5.69 Å². The summed E-state index contributed by atoms with van der Waals surface area (Å²) in [4.78, 5) is 2.01. The third-order valence-corrected chi connectivity index (χ3v) is 10.5. The molecule has 0 aliphatic heterocycles. The molecule has 5 nitrogen and oxygen atoms in total. The van der Waals surface area contributed by atoms with Gasteiger partial charge < -0.3 is 19.1 Å². The molecule has 1 N–H and O–H groups in total. The zero-order chi connectivity index (χ0) is 25.9. The summed E-state index contributed by atoms with van der Waals surface area (Å²) < 4.78 is 27.8. The first-order chi connectivity index (χ1) is 16.4. The SMILES string of the molecule is CC(C)[C@H]1CC[C@H](C)C[C@H]1OP(=O)(O[C@@H]1C[C@H](C)CC[C@H]1C(C)C)[C@H](O)c1ccc(N(C)C)cc1. The molecular formula is C29H50NO4P. The summed E-state index contributed by atoms with van der Waals surface area (Å²) >= 11 is 0. The van der Waals surface area contributed by atoms with Crippen LogP contribution in [0.2, 0.25) is 0 Å². The molecule has 1 aromatic rings. The van der Waals surface area contributed by atoms with E-state index in [1.54, 1.807) is 0 Å². The lowest BCUT2D eigenvalue weighted by Gasteiger charge is -2.42. The Balaban J connectivity index is 1.95. The van der Waals surface area contributed by atoms with Gasteiger partial charge in [-0.2, -0.15) is 0 Å². The quantitative estimate of drug-likeness (QED) is 0.344. The highest BCUT2D eigenvalue weighted by molar-refractivity contribution is 7.54. The van der Waals surface area contributed by atoms with Crippen LogP contribution >= 0.6 is 7.60 Å². The fourth-order valence-electron chi connectivity index (χ4n) is 6.12. The molecule has 0 radical (unpaired) electrons. The molecule has 2 aliphatic rings. The number of hydrogen-bond acceptors (Lipinski definition) is 5. The van der Waals surface area contributed by atoms with Gasteiger partial charge in [0.1, 0.15) is 0 Å². The van der Waals surface area contributed by atoms with Gasteiger partial charge in [0.15, 0.2) is 5.85 Å². The minimum Gasteiger partial charge on any atom is -0.378 e. The number of anilines is 1. The van der Waals surface area contributed by atoms with Crippen molar-refractivity contribution in [1.82, 2.24) is 0 Å². The second kappa shape index (κ2) is 12.1. The first-order valence-electron chi connectivity index (χ1n) is 13.8. The Morgan fingerprint density at radius 2 is 1.26 bits per heavy atom. The van der Waals surface area contributed by atoms with E-state index in [1.165, 1.54) is 0 Å². The van der Waals surface area contributed by atoms with Crippen molar-refractivity contribution in [3.63, 3.8) is 0 Å². The molecule has 1 aromatic carbocycles. The molecule has 0 aromatic heterocycles. The van der Waals surface area contributed by atoms with Gasteiger partial charge in [0, 0.05) is 19.8 Å². The number of aliphatic hydroxyl groups excluding tert-OH is 1. The number of nitrogens with zero attached hydrogens (tertiary/aromatic N) is 1. The molecule has 3 rings (SSSR count). The largest absolute Gasteiger partial charge is 0.378 e. The maximum atomic E-state index is 14.7. The minimum atomic E-state index is -3.87. The maximum absolute atomic E-state index is 14.7. The average molecular weight is 508 g/mol. The van der Waals surface area contributed by atoms with Crippen molar-refractivity contribution in [3.8, 4) is 0 Å². The lowest BCUT2D eigenvalue weighted by molar-refractivity contribution is -0.0153. The van der Waals surface area contributed by atoms with E-state index in [4.69, 9.17) is 9.05 Å². The molecule has 0 spiro atoms. The predicted molar refractivity (Wildman–Crippen MR) is 146 cm³/mol. The second-order valence-electron chi connectivity index (χ2n) is 12.3. The normalized spacial score (nSPS) is 32.4. The minimum absolute atomic E-state index is 0.168. The van der Waals surface area contributed by atoms with Gasteiger partial charge in [0.25, 0.3) is 0 Å². The molecule has 2 saturated carbocycles. The molecule has 0 amide bonds. The van der Waals surface area contributed by atoms with E-state index in [-0.39, 0.29) is 12.2 Å². The predicted octanol–water partition coefficient (Wildman–Crippen LogP) is 7.89. The average Bonchev–Trinajstić information content (AvgIpc) is 2.78. The van der Waals surface area contributed by atoms with Gasteiger partial charge in [-0.15, -0.1) is 0 Å². The fraction of sp³-hybridized carbons (Fsp3) is 0.793. The Kier molecular flexibility index (Phi) is 9.93. The van der Waals surface area contributed by atoms with Crippen LogP contribution in [0.1, 0.15) is 91.5 Å². The van der Waals surface area contributed by atoms with E-state index in [9.17, 15) is 9.67 Å². The maximum Gasteiger partial charge on any atom is 0.363 e. The van der Waals surface area contributed by atoms with Crippen molar-refractivity contribution in [1.29, 1.82) is 0 Å². The molecular weight excluding hydrogens is 457 g/mol. The fourth-order valence-corrected chi connectivity index (χ4v) is 8.17. The molecule has 8 atom stereocenters. The van der Waals surface area contributed by atoms with Crippen LogP contribution in [0, 0.1) is 35.5 Å². The van der Waals surface area contributed by atoms with E-state index in [0.29, 0.717) is 41.1 Å². The molecule has 1 unspecified atom stereocenters. The highest BCUT2D eigenvalue weighted by Gasteiger charge is 2.46. The second-order valence-corrected chi connectivity index (χ2v) is 14.3. The molecule has 200 valence electrons. The lowest BCUT2D eigenvalue weighted by Crippen LogP contribution is -2.37. The Labute approximate surface area is 214 Å². The molecule has 6 heteroatoms. The Bertz CT molecular complexity index is 802. The van der Waals surface area contributed by atoms with Crippen LogP contribution in [0.3, 0.4) is 0 Å². The lowest BCUT2D eigenvalue weighted by atomic mass is 9.75. The smallest absolute Gasteiger partial charge is 0.363 e. The number of hydrogen-bond donors (Lipinski definition) is 1. The van der Waals surface area contributed by atoms with Crippen molar-refractivity contribution >= 4 is 13.3 Å². The molecule has 0 bridgehead atoms. The molecule has 0 saturated heterocycles. The highest BCUT2D eigenvalue weighted by Crippen LogP contribution is 2.64. The van der Waals surface area contributed by atoms with E-state index in [2.05, 4.69) is 41.5 Å². The van der Waals surface area contributed by atoms with E-state index in [1.807, 2.05) is 43.3 Å². The number of aliphatic hydroxyl groups is 1. The van der Waals surface area contributed by atoms with E-state index >= 15 is 0 Å². The number of benzene rings is 1. The van der Waals surface area contributed by atoms with Crippen molar-refractivity contribution in [2.24, 2.45) is 35.5 Å². The Morgan fingerprint density at radius 1 is 0.829 bits per heavy atom. The van der Waals surface area contributed by atoms with Crippen LogP contribution in [0.25, 0.3) is 0 Å². The van der Waals surface area contributed by atoms with Crippen molar-refractivity contribution in [3.05, 3.63) is 29.8 Å². The highest BCUT2D eigenvalue weighted by atomic mass is 31.2. The van der Waals surface area contributed by atoms with Crippen LogP contribution < -0.4 is 4.90 Å². The third-order valence-electron chi connectivity index (χ3n) is 8.49. The molecule has 2 aliphatic carbocycles. The first-order valence-corrected chi connectivity index (χ1v) is 15.4. The monoisotopic (exact) mass is 507 g/mol. The van der Waals surface area contributed by atoms with Gasteiger partial charge in [-0.05, 0) is 78.9 Å². The summed E-state index contributed by atoms with van der Waals surface area (Å²) in [6.07, 6.45) is 5.83. The summed E-state index contributed by atoms with van der Waals surface area (Å²) in [5.74, 6) is 1.21. The van der Waals surface area contributed by atoms with Crippen molar-refractivity contribution < 1.29 is 18.7 Å². The summed E-state index contributed by atoms with van der Waals surface area (Å²) in [6.45, 7) is 13.4. The van der Waals surface area contributed by atoms with Crippen molar-refractivity contribution in [2.75, 3.05) is 19.0 Å². The van der Waals surface area contributed by atoms with Crippen LogP contribution in [-0.4, -0.2) is 31.4 Å². The van der Waals surface area contributed by atoms with Gasteiger partial charge in [0.05, 0.1) is 12.2 Å². The zero-order valence-electron chi connectivity index (χ0n) is 23.3. The van der Waals surface area contributed by atoms with Gasteiger partial charge in [-0.1, -0.05) is 66.5 Å². The Hall–Kier alpha value is -0.870. The summed E-state index contributed by atoms with van der Waals surface area (Å²) in [5.41, 5.74) is 1.62. The first kappa shape index (κ1) is 28.7. The van der Waals surface area contributed by atoms with Gasteiger partial charge in [0.2, 0.25) is 0 Å². The van der Waals surface area contributed by atoms with Gasteiger partial charge in [-0.3, -0.25) is 4.57 Å². The topological polar surface area (TPSA) is 59.0 Å². The summed E-state index contributed by atoms with van der Waals surface area (Å²) in [6, 6.07) is 7.60. The number of rotatable bonds is 9. The summed E-state index contributed by atoms with van der Waals surface area (Å²) in [7, 11) is 0.0893. The Morgan fingerprint density at radius 3 is 1.63 bits per heavy atom. The summed E-state index contributed by atoms with van der Waals surface area (Å²) in [5, 5.41) is 11.6. The molecule has 0 heterocycles.